The Balaban J connectivity index is 1.65. The normalized spacial score (nSPS) is 11.5. The van der Waals surface area contributed by atoms with Gasteiger partial charge in [0.25, 0.3) is 11.8 Å². The fourth-order valence-corrected chi connectivity index (χ4v) is 4.92. The Kier molecular flexibility index (Phi) is 8.87. The molecule has 7 nitrogen and oxygen atoms in total. The molecule has 11 heteroatoms. The number of carbonyl (C=O) groups excluding carboxylic acids is 2. The topological polar surface area (TPSA) is 111 Å². The fraction of sp³-hybridized carbons (Fsp3) is 0.227. The minimum Gasteiger partial charge on any atom is -0.506 e. The minimum absolute atomic E-state index is 0.0326. The van der Waals surface area contributed by atoms with Gasteiger partial charge in [-0.25, -0.2) is 5.43 Å². The Morgan fingerprint density at radius 3 is 2.48 bits per heavy atom. The van der Waals surface area contributed by atoms with E-state index in [0.29, 0.717) is 55.3 Å². The molecule has 0 aliphatic rings. The number of benzene rings is 1. The maximum absolute atomic E-state index is 12.4. The molecule has 33 heavy (non-hydrogen) atoms. The summed E-state index contributed by atoms with van der Waals surface area (Å²) in [6.07, 6.45) is 1.29. The molecule has 2 amide bonds. The number of hydrogen-bond donors (Lipinski definition) is 4. The van der Waals surface area contributed by atoms with Crippen LogP contribution in [0.2, 0.25) is 10.0 Å². The van der Waals surface area contributed by atoms with Crippen molar-refractivity contribution in [3.8, 4) is 16.2 Å². The van der Waals surface area contributed by atoms with Crippen molar-refractivity contribution in [3.05, 3.63) is 61.1 Å². The van der Waals surface area contributed by atoms with Gasteiger partial charge in [-0.3, -0.25) is 9.59 Å². The highest BCUT2D eigenvalue weighted by Crippen LogP contribution is 2.40. The molecule has 3 rings (SSSR count). The molecule has 0 atom stereocenters. The van der Waals surface area contributed by atoms with Crippen molar-refractivity contribution in [1.29, 1.82) is 0 Å². The van der Waals surface area contributed by atoms with Crippen LogP contribution >= 0.6 is 45.9 Å². The summed E-state index contributed by atoms with van der Waals surface area (Å²) < 4.78 is 0. The molecule has 0 unspecified atom stereocenters. The minimum atomic E-state index is -0.460. The second kappa shape index (κ2) is 11.6. The molecule has 0 fully saturated rings. The summed E-state index contributed by atoms with van der Waals surface area (Å²) >= 11 is 14.4. The zero-order valence-corrected chi connectivity index (χ0v) is 20.7. The van der Waals surface area contributed by atoms with Gasteiger partial charge in [-0.05, 0) is 49.6 Å². The number of halogens is 2. The van der Waals surface area contributed by atoms with Gasteiger partial charge in [0.1, 0.15) is 5.75 Å². The van der Waals surface area contributed by atoms with Gasteiger partial charge in [-0.2, -0.15) is 5.10 Å². The quantitative estimate of drug-likeness (QED) is 0.176. The van der Waals surface area contributed by atoms with Crippen LogP contribution in [0.5, 0.6) is 5.75 Å². The number of nitrogens with zero attached hydrogens (tertiary/aromatic N) is 1. The standard InChI is InChI=1S/C22H21Cl2N3O4S2/c1-12(14-11-32-20(19(14)29)13-4-5-15(23)16(24)10-13)26-27-22(31)18-7-6-17(33-18)21(30)25-8-2-3-9-28/h4-7,10-11,28-29H,2-3,8-9H2,1H3,(H,25,30)(H,27,31). The molecule has 0 aliphatic heterocycles. The number of carbonyl (C=O) groups is 2. The number of hydrazone groups is 1. The molecule has 4 N–H and O–H groups in total. The lowest BCUT2D eigenvalue weighted by Gasteiger charge is -2.04. The highest BCUT2D eigenvalue weighted by Gasteiger charge is 2.17. The molecule has 0 saturated carbocycles. The molecule has 2 aromatic heterocycles. The number of thiophene rings is 2. The molecule has 0 bridgehead atoms. The summed E-state index contributed by atoms with van der Waals surface area (Å²) in [5.74, 6) is -0.696. The van der Waals surface area contributed by atoms with Gasteiger partial charge in [-0.1, -0.05) is 29.3 Å². The first-order valence-electron chi connectivity index (χ1n) is 9.91. The first-order chi connectivity index (χ1) is 15.8. The van der Waals surface area contributed by atoms with Crippen molar-refractivity contribution in [3.63, 3.8) is 0 Å². The average Bonchev–Trinajstić information content (AvgIpc) is 3.44. The van der Waals surface area contributed by atoms with Gasteiger partial charge in [0.15, 0.2) is 0 Å². The molecule has 3 aromatic rings. The molecular formula is C22H21Cl2N3O4S2. The van der Waals surface area contributed by atoms with E-state index in [1.54, 1.807) is 42.6 Å². The lowest BCUT2D eigenvalue weighted by Crippen LogP contribution is -2.23. The molecule has 0 saturated heterocycles. The van der Waals surface area contributed by atoms with Crippen LogP contribution in [-0.2, 0) is 0 Å². The highest BCUT2D eigenvalue weighted by molar-refractivity contribution is 7.16. The molecule has 2 heterocycles. The summed E-state index contributed by atoms with van der Waals surface area (Å²) in [5, 5.41) is 28.8. The third-order valence-corrected chi connectivity index (χ3v) is 7.43. The zero-order chi connectivity index (χ0) is 24.0. The number of aromatic hydroxyl groups is 1. The van der Waals surface area contributed by atoms with Crippen molar-refractivity contribution < 1.29 is 19.8 Å². The monoisotopic (exact) mass is 525 g/mol. The van der Waals surface area contributed by atoms with Crippen molar-refractivity contribution in [2.45, 2.75) is 19.8 Å². The second-order valence-corrected chi connectivity index (χ2v) is 9.72. The molecule has 0 aliphatic carbocycles. The largest absolute Gasteiger partial charge is 0.506 e. The molecule has 1 aromatic carbocycles. The summed E-state index contributed by atoms with van der Waals surface area (Å²) in [6, 6.07) is 8.22. The van der Waals surface area contributed by atoms with Crippen LogP contribution in [0.1, 0.15) is 44.7 Å². The smallest absolute Gasteiger partial charge is 0.281 e. The third kappa shape index (κ3) is 6.33. The van der Waals surface area contributed by atoms with Crippen molar-refractivity contribution >= 4 is 63.4 Å². The van der Waals surface area contributed by atoms with Crippen LogP contribution in [0.15, 0.2) is 40.8 Å². The zero-order valence-electron chi connectivity index (χ0n) is 17.5. The second-order valence-electron chi connectivity index (χ2n) is 6.94. The number of rotatable bonds is 9. The molecular weight excluding hydrogens is 505 g/mol. The van der Waals surface area contributed by atoms with Gasteiger partial charge >= 0.3 is 0 Å². The van der Waals surface area contributed by atoms with Gasteiger partial charge < -0.3 is 15.5 Å². The molecule has 174 valence electrons. The SMILES string of the molecule is CC(=NNC(=O)c1ccc(C(=O)NCCCCO)s1)c1csc(-c2ccc(Cl)c(Cl)c2)c1O. The number of nitrogens with one attached hydrogen (secondary N) is 2. The molecule has 0 spiro atoms. The third-order valence-electron chi connectivity index (χ3n) is 4.59. The van der Waals surface area contributed by atoms with E-state index >= 15 is 0 Å². The van der Waals surface area contributed by atoms with Crippen LogP contribution in [-0.4, -0.2) is 40.9 Å². The predicted octanol–water partition coefficient (Wildman–Crippen LogP) is 5.15. The fourth-order valence-electron chi connectivity index (χ4n) is 2.81. The van der Waals surface area contributed by atoms with Crippen LogP contribution < -0.4 is 10.7 Å². The van der Waals surface area contributed by atoms with E-state index in [4.69, 9.17) is 28.3 Å². The number of aliphatic hydroxyl groups is 1. The summed E-state index contributed by atoms with van der Waals surface area (Å²) in [6.45, 7) is 2.20. The van der Waals surface area contributed by atoms with Crippen LogP contribution in [0.25, 0.3) is 10.4 Å². The maximum Gasteiger partial charge on any atom is 0.281 e. The van der Waals surface area contributed by atoms with E-state index in [1.165, 1.54) is 11.3 Å². The average molecular weight is 526 g/mol. The Morgan fingerprint density at radius 2 is 1.79 bits per heavy atom. The Labute approximate surface area is 208 Å². The number of amides is 2. The van der Waals surface area contributed by atoms with Crippen LogP contribution in [0.3, 0.4) is 0 Å². The van der Waals surface area contributed by atoms with E-state index in [9.17, 15) is 14.7 Å². The Bertz CT molecular complexity index is 1190. The lowest BCUT2D eigenvalue weighted by molar-refractivity contribution is 0.0950. The Hall–Kier alpha value is -2.43. The van der Waals surface area contributed by atoms with Gasteiger partial charge in [0.2, 0.25) is 0 Å². The van der Waals surface area contributed by atoms with Crippen molar-refractivity contribution in [2.75, 3.05) is 13.2 Å². The predicted molar refractivity (Wildman–Crippen MR) is 134 cm³/mol. The van der Waals surface area contributed by atoms with Crippen molar-refractivity contribution in [1.82, 2.24) is 10.7 Å². The van der Waals surface area contributed by atoms with Crippen molar-refractivity contribution in [2.24, 2.45) is 5.10 Å². The van der Waals surface area contributed by atoms with Crippen LogP contribution in [0, 0.1) is 0 Å². The first kappa shape index (κ1) is 25.2. The van der Waals surface area contributed by atoms with Gasteiger partial charge in [0, 0.05) is 18.5 Å². The van der Waals surface area contributed by atoms with E-state index in [-0.39, 0.29) is 18.3 Å². The maximum atomic E-state index is 12.4. The summed E-state index contributed by atoms with van der Waals surface area (Å²) in [7, 11) is 0. The molecule has 0 radical (unpaired) electrons. The summed E-state index contributed by atoms with van der Waals surface area (Å²) in [4.78, 5) is 25.9. The number of aliphatic hydroxyl groups excluding tert-OH is 1. The van der Waals surface area contributed by atoms with E-state index in [2.05, 4.69) is 15.8 Å². The van der Waals surface area contributed by atoms with E-state index < -0.39 is 5.91 Å². The van der Waals surface area contributed by atoms with E-state index in [0.717, 1.165) is 16.9 Å². The Morgan fingerprint density at radius 1 is 1.06 bits per heavy atom. The van der Waals surface area contributed by atoms with E-state index in [1.807, 2.05) is 0 Å². The lowest BCUT2D eigenvalue weighted by atomic mass is 10.1. The highest BCUT2D eigenvalue weighted by atomic mass is 35.5. The summed E-state index contributed by atoms with van der Waals surface area (Å²) in [5.41, 5.74) is 4.08. The number of hydrogen-bond acceptors (Lipinski definition) is 7. The van der Waals surface area contributed by atoms with Gasteiger partial charge in [-0.15, -0.1) is 22.7 Å². The first-order valence-corrected chi connectivity index (χ1v) is 12.4. The van der Waals surface area contributed by atoms with Crippen LogP contribution in [0.4, 0.5) is 0 Å². The van der Waals surface area contributed by atoms with Gasteiger partial charge in [0.05, 0.1) is 36.0 Å². The number of unbranched alkanes of at least 4 members (excludes halogenated alkanes) is 1.